The third-order valence-electron chi connectivity index (χ3n) is 2.35. The first-order valence-electron chi connectivity index (χ1n) is 5.24. The van der Waals surface area contributed by atoms with Crippen molar-refractivity contribution in [2.24, 2.45) is 11.5 Å². The quantitative estimate of drug-likeness (QED) is 0.811. The summed E-state index contributed by atoms with van der Waals surface area (Å²) in [6.07, 6.45) is 0. The molecule has 1 heterocycles. The summed E-state index contributed by atoms with van der Waals surface area (Å²) in [5, 5.41) is 2.92. The lowest BCUT2D eigenvalue weighted by Gasteiger charge is -1.99. The monoisotopic (exact) mass is 295 g/mol. The van der Waals surface area contributed by atoms with E-state index in [2.05, 4.69) is 5.32 Å². The number of carbonyl (C=O) groups excluding carboxylic acids is 2. The highest BCUT2D eigenvalue weighted by molar-refractivity contribution is 7.18. The van der Waals surface area contributed by atoms with Crippen LogP contribution in [0.4, 0.5) is 10.5 Å². The molecular weight excluding hydrogens is 286 g/mol. The van der Waals surface area contributed by atoms with E-state index >= 15 is 0 Å². The van der Waals surface area contributed by atoms with Crippen molar-refractivity contribution in [1.29, 1.82) is 0 Å². The molecule has 0 radical (unpaired) electrons. The first-order valence-corrected chi connectivity index (χ1v) is 6.43. The molecule has 19 heavy (non-hydrogen) atoms. The van der Waals surface area contributed by atoms with Gasteiger partial charge in [0.1, 0.15) is 4.88 Å². The molecule has 5 N–H and O–H groups in total. The van der Waals surface area contributed by atoms with Gasteiger partial charge >= 0.3 is 6.03 Å². The van der Waals surface area contributed by atoms with E-state index in [-0.39, 0.29) is 4.88 Å². The predicted octanol–water partition coefficient (Wildman–Crippen LogP) is 2.66. The van der Waals surface area contributed by atoms with Crippen molar-refractivity contribution in [2.75, 3.05) is 5.32 Å². The Labute approximate surface area is 118 Å². The van der Waals surface area contributed by atoms with Gasteiger partial charge in [0.15, 0.2) is 0 Å². The molecule has 0 aliphatic rings. The maximum atomic E-state index is 11.3. The number of rotatable bonds is 3. The second-order valence-corrected chi connectivity index (χ2v) is 5.15. The largest absolute Gasteiger partial charge is 0.365 e. The number of hydrogen-bond acceptors (Lipinski definition) is 3. The number of hydrogen-bond donors (Lipinski definition) is 3. The van der Waals surface area contributed by atoms with Crippen molar-refractivity contribution in [3.8, 4) is 10.4 Å². The van der Waals surface area contributed by atoms with Gasteiger partial charge in [0, 0.05) is 15.5 Å². The number of nitrogens with one attached hydrogen (secondary N) is 1. The van der Waals surface area contributed by atoms with Gasteiger partial charge in [-0.15, -0.1) is 11.3 Å². The van der Waals surface area contributed by atoms with Crippen LogP contribution in [0.25, 0.3) is 10.4 Å². The fraction of sp³-hybridized carbons (Fsp3) is 0. The SMILES string of the molecule is NC(=O)Nc1cc(-c2ccccc2Cl)sc1C(N)=O. The predicted molar refractivity (Wildman–Crippen MR) is 76.5 cm³/mol. The van der Waals surface area contributed by atoms with E-state index in [4.69, 9.17) is 23.1 Å². The van der Waals surface area contributed by atoms with Crippen molar-refractivity contribution in [1.82, 2.24) is 0 Å². The molecule has 0 saturated carbocycles. The Balaban J connectivity index is 2.52. The van der Waals surface area contributed by atoms with Gasteiger partial charge in [-0.05, 0) is 12.1 Å². The Morgan fingerprint density at radius 2 is 1.89 bits per heavy atom. The molecule has 2 rings (SSSR count). The van der Waals surface area contributed by atoms with Crippen LogP contribution >= 0.6 is 22.9 Å². The number of amides is 3. The van der Waals surface area contributed by atoms with Crippen molar-refractivity contribution < 1.29 is 9.59 Å². The minimum absolute atomic E-state index is 0.230. The number of primary amides is 2. The van der Waals surface area contributed by atoms with Crippen LogP contribution in [0.3, 0.4) is 0 Å². The van der Waals surface area contributed by atoms with E-state index in [1.54, 1.807) is 18.2 Å². The fourth-order valence-corrected chi connectivity index (χ4v) is 2.89. The van der Waals surface area contributed by atoms with Crippen molar-refractivity contribution >= 4 is 40.6 Å². The zero-order valence-corrected chi connectivity index (χ0v) is 11.2. The Bertz CT molecular complexity index is 654. The lowest BCUT2D eigenvalue weighted by Crippen LogP contribution is -2.21. The third kappa shape index (κ3) is 2.86. The molecule has 0 spiro atoms. The average Bonchev–Trinajstić information content (AvgIpc) is 2.72. The lowest BCUT2D eigenvalue weighted by atomic mass is 10.2. The summed E-state index contributed by atoms with van der Waals surface area (Å²) in [4.78, 5) is 23.2. The number of urea groups is 1. The molecule has 0 unspecified atom stereocenters. The molecule has 0 aliphatic heterocycles. The highest BCUT2D eigenvalue weighted by atomic mass is 35.5. The maximum absolute atomic E-state index is 11.3. The van der Waals surface area contributed by atoms with Crippen molar-refractivity contribution in [3.05, 3.63) is 40.2 Å². The molecule has 1 aromatic carbocycles. The molecule has 2 aromatic rings. The molecule has 98 valence electrons. The highest BCUT2D eigenvalue weighted by Gasteiger charge is 2.17. The Hall–Kier alpha value is -2.05. The minimum Gasteiger partial charge on any atom is -0.365 e. The van der Waals surface area contributed by atoms with Gasteiger partial charge in [-0.1, -0.05) is 29.8 Å². The molecular formula is C12H10ClN3O2S. The standard InChI is InChI=1S/C12H10ClN3O2S/c13-7-4-2-1-3-6(7)9-5-8(16-12(15)18)10(19-9)11(14)17/h1-5H,(H2,14,17)(H3,15,16,18). The maximum Gasteiger partial charge on any atom is 0.316 e. The number of thiophene rings is 1. The van der Waals surface area contributed by atoms with Gasteiger partial charge in [-0.25, -0.2) is 4.79 Å². The van der Waals surface area contributed by atoms with E-state index in [1.165, 1.54) is 0 Å². The van der Waals surface area contributed by atoms with Crippen molar-refractivity contribution in [3.63, 3.8) is 0 Å². The van der Waals surface area contributed by atoms with E-state index in [1.807, 2.05) is 12.1 Å². The van der Waals surface area contributed by atoms with Crippen LogP contribution in [0.5, 0.6) is 0 Å². The van der Waals surface area contributed by atoms with Gasteiger partial charge in [0.25, 0.3) is 5.91 Å². The Kier molecular flexibility index (Phi) is 3.73. The number of carbonyl (C=O) groups is 2. The van der Waals surface area contributed by atoms with Crippen LogP contribution in [-0.4, -0.2) is 11.9 Å². The molecule has 1 aromatic heterocycles. The molecule has 0 aliphatic carbocycles. The number of halogens is 1. The summed E-state index contributed by atoms with van der Waals surface area (Å²) in [6, 6.07) is 8.04. The molecule has 0 bridgehead atoms. The summed E-state index contributed by atoms with van der Waals surface area (Å²) in [6.45, 7) is 0. The first kappa shape index (κ1) is 13.4. The van der Waals surface area contributed by atoms with E-state index in [0.717, 1.165) is 21.8 Å². The normalized spacial score (nSPS) is 10.2. The fourth-order valence-electron chi connectivity index (χ4n) is 1.59. The molecule has 7 heteroatoms. The van der Waals surface area contributed by atoms with E-state index < -0.39 is 11.9 Å². The Morgan fingerprint density at radius 1 is 1.21 bits per heavy atom. The number of anilines is 1. The number of benzene rings is 1. The van der Waals surface area contributed by atoms with Gasteiger partial charge in [0.05, 0.1) is 5.69 Å². The minimum atomic E-state index is -0.758. The zero-order chi connectivity index (χ0) is 14.0. The summed E-state index contributed by atoms with van der Waals surface area (Å²) in [5.41, 5.74) is 11.4. The topological polar surface area (TPSA) is 98.2 Å². The van der Waals surface area contributed by atoms with Crippen LogP contribution in [0.2, 0.25) is 5.02 Å². The molecule has 0 fully saturated rings. The van der Waals surface area contributed by atoms with E-state index in [0.29, 0.717) is 10.7 Å². The van der Waals surface area contributed by atoms with Crippen LogP contribution in [0, 0.1) is 0 Å². The van der Waals surface area contributed by atoms with Crippen LogP contribution < -0.4 is 16.8 Å². The van der Waals surface area contributed by atoms with Crippen LogP contribution in [0.1, 0.15) is 9.67 Å². The molecule has 5 nitrogen and oxygen atoms in total. The van der Waals surface area contributed by atoms with Gasteiger partial charge < -0.3 is 16.8 Å². The van der Waals surface area contributed by atoms with Crippen LogP contribution in [-0.2, 0) is 0 Å². The lowest BCUT2D eigenvalue weighted by molar-refractivity contribution is 0.100. The summed E-state index contributed by atoms with van der Waals surface area (Å²) in [7, 11) is 0. The zero-order valence-electron chi connectivity index (χ0n) is 9.64. The summed E-state index contributed by atoms with van der Waals surface area (Å²) < 4.78 is 0. The average molecular weight is 296 g/mol. The van der Waals surface area contributed by atoms with E-state index in [9.17, 15) is 9.59 Å². The first-order chi connectivity index (χ1) is 8.99. The smallest absolute Gasteiger partial charge is 0.316 e. The third-order valence-corrected chi connectivity index (χ3v) is 3.87. The highest BCUT2D eigenvalue weighted by Crippen LogP contribution is 2.37. The summed E-state index contributed by atoms with van der Waals surface area (Å²) >= 11 is 7.23. The second kappa shape index (κ2) is 5.29. The Morgan fingerprint density at radius 3 is 2.47 bits per heavy atom. The van der Waals surface area contributed by atoms with Gasteiger partial charge in [-0.3, -0.25) is 4.79 Å². The van der Waals surface area contributed by atoms with Crippen LogP contribution in [0.15, 0.2) is 30.3 Å². The second-order valence-electron chi connectivity index (χ2n) is 3.69. The van der Waals surface area contributed by atoms with Crippen molar-refractivity contribution in [2.45, 2.75) is 0 Å². The van der Waals surface area contributed by atoms with Gasteiger partial charge in [-0.2, -0.15) is 0 Å². The van der Waals surface area contributed by atoms with Gasteiger partial charge in [0.2, 0.25) is 0 Å². The molecule has 0 atom stereocenters. The molecule has 0 saturated heterocycles. The molecule has 3 amide bonds. The number of nitrogens with two attached hydrogens (primary N) is 2. The summed E-state index contributed by atoms with van der Waals surface area (Å²) in [5.74, 6) is -0.632.